The third-order valence-corrected chi connectivity index (χ3v) is 6.06. The molecule has 6 N–H and O–H groups in total. The topological polar surface area (TPSA) is 194 Å². The Morgan fingerprint density at radius 1 is 0.885 bits per heavy atom. The number of H-pyrrole nitrogens is 1. The van der Waals surface area contributed by atoms with Crippen molar-refractivity contribution in [2.24, 2.45) is 0 Å². The molecule has 2 aromatic carbocycles. The van der Waals surface area contributed by atoms with Crippen molar-refractivity contribution in [3.8, 4) is 16.9 Å². The number of fused-ring (bicyclic) bond motifs is 1. The Morgan fingerprint density at radius 3 is 1.83 bits per heavy atom. The standard InChI is InChI=1S/C23H26FN5O2.3C2HF3O2/c1-29(2)7-8-31-22-10-18(17-13-26-27-14-17)19(24)11-20(22)28-23(30)21-9-15-5-3-4-6-16(15)12-25-21;3*3-2(4,5)1(6)7/h3-6,10-11,13-14,21,25H,7-9,12H2,1-2H3,(H,26,27)(H,28,30);3*(H,6,7)/t21-;;;/m1.../s1. The maximum absolute atomic E-state index is 14.9. The molecule has 1 aromatic heterocycles. The average Bonchev–Trinajstić information content (AvgIpc) is 3.56. The van der Waals surface area contributed by atoms with Crippen LogP contribution in [-0.4, -0.2) is 106 Å². The second-order valence-corrected chi connectivity index (χ2v) is 10.3. The first-order valence-electron chi connectivity index (χ1n) is 14.0. The molecule has 4 rings (SSSR count). The van der Waals surface area contributed by atoms with Crippen LogP contribution in [0.25, 0.3) is 11.1 Å². The first-order chi connectivity index (χ1) is 23.8. The summed E-state index contributed by atoms with van der Waals surface area (Å²) in [6.45, 7) is 1.71. The molecule has 1 aliphatic heterocycles. The van der Waals surface area contributed by atoms with Gasteiger partial charge in [-0.15, -0.1) is 0 Å². The largest absolute Gasteiger partial charge is 0.490 e. The van der Waals surface area contributed by atoms with Crippen LogP contribution < -0.4 is 15.4 Å². The number of nitrogens with zero attached hydrogens (tertiary/aromatic N) is 2. The predicted octanol–water partition coefficient (Wildman–Crippen LogP) is 4.71. The van der Waals surface area contributed by atoms with Gasteiger partial charge in [0, 0.05) is 36.5 Å². The maximum Gasteiger partial charge on any atom is 0.490 e. The zero-order chi connectivity index (χ0) is 40.0. The molecule has 1 atom stereocenters. The highest BCUT2D eigenvalue weighted by molar-refractivity contribution is 5.97. The molecule has 288 valence electrons. The van der Waals surface area contributed by atoms with Crippen molar-refractivity contribution >= 4 is 29.5 Å². The predicted molar refractivity (Wildman–Crippen MR) is 159 cm³/mol. The van der Waals surface area contributed by atoms with E-state index in [0.29, 0.717) is 48.7 Å². The van der Waals surface area contributed by atoms with Crippen molar-refractivity contribution in [3.05, 3.63) is 65.7 Å². The Labute approximate surface area is 286 Å². The number of nitrogens with one attached hydrogen (secondary N) is 3. The molecule has 52 heavy (non-hydrogen) atoms. The van der Waals surface area contributed by atoms with Crippen molar-refractivity contribution in [2.75, 3.05) is 32.6 Å². The number of ether oxygens (including phenoxy) is 1. The van der Waals surface area contributed by atoms with E-state index in [1.807, 2.05) is 37.2 Å². The fourth-order valence-electron chi connectivity index (χ4n) is 3.59. The highest BCUT2D eigenvalue weighted by Crippen LogP contribution is 2.34. The van der Waals surface area contributed by atoms with Gasteiger partial charge in [0.15, 0.2) is 0 Å². The number of likely N-dealkylation sites (N-methyl/N-ethyl adjacent to an activating group) is 1. The number of carboxylic acids is 3. The van der Waals surface area contributed by atoms with Gasteiger partial charge < -0.3 is 35.6 Å². The van der Waals surface area contributed by atoms with Gasteiger partial charge in [0.1, 0.15) is 18.2 Å². The van der Waals surface area contributed by atoms with E-state index in [2.05, 4.69) is 26.9 Å². The number of amides is 1. The van der Waals surface area contributed by atoms with Crippen molar-refractivity contribution < 1.29 is 83.1 Å². The molecule has 2 heterocycles. The number of aliphatic carboxylic acids is 3. The summed E-state index contributed by atoms with van der Waals surface area (Å²) < 4.78 is 116. The van der Waals surface area contributed by atoms with E-state index >= 15 is 0 Å². The fourth-order valence-corrected chi connectivity index (χ4v) is 3.59. The van der Waals surface area contributed by atoms with Gasteiger partial charge in [0.2, 0.25) is 5.91 Å². The lowest BCUT2D eigenvalue weighted by Gasteiger charge is -2.26. The molecule has 23 heteroatoms. The highest BCUT2D eigenvalue weighted by atomic mass is 19.4. The number of rotatable bonds is 7. The number of carboxylic acid groups (broad SMARTS) is 3. The monoisotopic (exact) mass is 765 g/mol. The number of halogens is 10. The minimum atomic E-state index is -5.08. The zero-order valence-corrected chi connectivity index (χ0v) is 26.6. The van der Waals surface area contributed by atoms with Crippen molar-refractivity contribution in [1.29, 1.82) is 0 Å². The Kier molecular flexibility index (Phi) is 16.5. The first kappa shape index (κ1) is 44.6. The van der Waals surface area contributed by atoms with Gasteiger partial charge in [-0.1, -0.05) is 24.3 Å². The van der Waals surface area contributed by atoms with Gasteiger partial charge in [-0.3, -0.25) is 9.89 Å². The minimum Gasteiger partial charge on any atom is -0.490 e. The van der Waals surface area contributed by atoms with Crippen LogP contribution in [0.2, 0.25) is 0 Å². The molecule has 3 aromatic rings. The quantitative estimate of drug-likeness (QED) is 0.183. The van der Waals surface area contributed by atoms with Crippen molar-refractivity contribution in [3.63, 3.8) is 0 Å². The number of benzene rings is 2. The summed E-state index contributed by atoms with van der Waals surface area (Å²) in [6, 6.07) is 10.6. The lowest BCUT2D eigenvalue weighted by Crippen LogP contribution is -2.44. The molecule has 0 saturated carbocycles. The van der Waals surface area contributed by atoms with E-state index in [0.717, 1.165) is 5.56 Å². The lowest BCUT2D eigenvalue weighted by molar-refractivity contribution is -0.193. The van der Waals surface area contributed by atoms with Crippen LogP contribution in [0.4, 0.5) is 49.6 Å². The Morgan fingerprint density at radius 2 is 1.38 bits per heavy atom. The summed E-state index contributed by atoms with van der Waals surface area (Å²) in [7, 11) is 3.89. The van der Waals surface area contributed by atoms with E-state index in [-0.39, 0.29) is 5.91 Å². The molecule has 0 spiro atoms. The molecule has 1 amide bonds. The number of aromatic nitrogens is 2. The summed E-state index contributed by atoms with van der Waals surface area (Å²) in [5.74, 6) is -8.53. The summed E-state index contributed by atoms with van der Waals surface area (Å²) in [5, 5.41) is 34.1. The van der Waals surface area contributed by atoms with Crippen LogP contribution in [-0.2, 0) is 32.1 Å². The number of carbonyl (C=O) groups is 4. The van der Waals surface area contributed by atoms with Crippen LogP contribution in [0.5, 0.6) is 5.75 Å². The van der Waals surface area contributed by atoms with Gasteiger partial charge in [-0.2, -0.15) is 44.6 Å². The van der Waals surface area contributed by atoms with Crippen LogP contribution in [0.3, 0.4) is 0 Å². The van der Waals surface area contributed by atoms with E-state index < -0.39 is 48.3 Å². The van der Waals surface area contributed by atoms with Gasteiger partial charge in [-0.05, 0) is 37.7 Å². The van der Waals surface area contributed by atoms with Gasteiger partial charge >= 0.3 is 36.4 Å². The molecule has 0 radical (unpaired) electrons. The summed E-state index contributed by atoms with van der Waals surface area (Å²) in [4.78, 5) is 41.6. The third kappa shape index (κ3) is 15.6. The van der Waals surface area contributed by atoms with Gasteiger partial charge in [0.05, 0.1) is 17.9 Å². The van der Waals surface area contributed by atoms with Crippen LogP contribution in [0.1, 0.15) is 11.1 Å². The van der Waals surface area contributed by atoms with E-state index in [1.165, 1.54) is 11.6 Å². The molecular formula is C29H29F10N5O8. The fraction of sp³-hybridized carbons (Fsp3) is 0.345. The van der Waals surface area contributed by atoms with Crippen molar-refractivity contribution in [2.45, 2.75) is 37.5 Å². The number of hydrogen-bond donors (Lipinski definition) is 6. The van der Waals surface area contributed by atoms with Crippen LogP contribution in [0, 0.1) is 5.82 Å². The number of carbonyl (C=O) groups excluding carboxylic acids is 1. The summed E-state index contributed by atoms with van der Waals surface area (Å²) in [6.07, 6.45) is -11.5. The summed E-state index contributed by atoms with van der Waals surface area (Å²) in [5.41, 5.74) is 3.61. The zero-order valence-electron chi connectivity index (χ0n) is 26.6. The van der Waals surface area contributed by atoms with Crippen LogP contribution in [0.15, 0.2) is 48.8 Å². The molecular weight excluding hydrogens is 736 g/mol. The van der Waals surface area contributed by atoms with Gasteiger partial charge in [-0.25, -0.2) is 18.8 Å². The number of anilines is 1. The van der Waals surface area contributed by atoms with E-state index in [4.69, 9.17) is 34.4 Å². The highest BCUT2D eigenvalue weighted by Gasteiger charge is 2.39. The average molecular weight is 766 g/mol. The lowest BCUT2D eigenvalue weighted by atomic mass is 9.95. The second-order valence-electron chi connectivity index (χ2n) is 10.3. The molecule has 1 aliphatic rings. The van der Waals surface area contributed by atoms with Crippen molar-refractivity contribution in [1.82, 2.24) is 20.4 Å². The number of aromatic amines is 1. The molecule has 13 nitrogen and oxygen atoms in total. The number of alkyl halides is 9. The van der Waals surface area contributed by atoms with Gasteiger partial charge in [0.25, 0.3) is 0 Å². The molecule has 0 aliphatic carbocycles. The second kappa shape index (κ2) is 19.2. The maximum atomic E-state index is 14.9. The number of hydrogen-bond acceptors (Lipinski definition) is 8. The Bertz CT molecular complexity index is 1590. The van der Waals surface area contributed by atoms with E-state index in [1.54, 1.807) is 18.5 Å². The smallest absolute Gasteiger partial charge is 0.490 e. The molecule has 0 saturated heterocycles. The first-order valence-corrected chi connectivity index (χ1v) is 14.0. The molecule has 0 unspecified atom stereocenters. The Hall–Kier alpha value is -5.45. The molecule has 0 bridgehead atoms. The third-order valence-electron chi connectivity index (χ3n) is 6.06. The van der Waals surface area contributed by atoms with Crippen LogP contribution >= 0.6 is 0 Å². The SMILES string of the molecule is CN(C)CCOc1cc(-c2cn[nH]c2)c(F)cc1NC(=O)[C@H]1Cc2ccccc2CN1.O=C(O)C(F)(F)F.O=C(O)C(F)(F)F.O=C(O)C(F)(F)F. The normalized spacial score (nSPS) is 13.8. The summed E-state index contributed by atoms with van der Waals surface area (Å²) >= 11 is 0. The molecule has 0 fully saturated rings. The van der Waals surface area contributed by atoms with E-state index in [9.17, 15) is 48.7 Å². The Balaban J connectivity index is 0.000000525. The minimum absolute atomic E-state index is 0.220.